The third kappa shape index (κ3) is 3.63. The van der Waals surface area contributed by atoms with Crippen molar-refractivity contribution in [3.8, 4) is 11.5 Å². The molecule has 0 aromatic heterocycles. The van der Waals surface area contributed by atoms with E-state index in [1.165, 1.54) is 0 Å². The second-order valence-electron chi connectivity index (χ2n) is 3.89. The van der Waals surface area contributed by atoms with Crippen molar-refractivity contribution in [1.82, 2.24) is 10.6 Å². The van der Waals surface area contributed by atoms with Crippen LogP contribution in [0.15, 0.2) is 18.2 Å². The van der Waals surface area contributed by atoms with Gasteiger partial charge in [0, 0.05) is 13.6 Å². The highest BCUT2D eigenvalue weighted by Crippen LogP contribution is 2.29. The predicted octanol–water partition coefficient (Wildman–Crippen LogP) is 0.928. The standard InChI is InChI=1S/C13H20N2O3/c1-9(13(16)15-3)18-12-7-10(8-14-2)5-6-11(12)17-4/h5-7,9,14H,8H2,1-4H3,(H,15,16). The molecule has 1 rings (SSSR count). The van der Waals surface area contributed by atoms with Gasteiger partial charge in [0.25, 0.3) is 5.91 Å². The van der Waals surface area contributed by atoms with Crippen LogP contribution in [0.1, 0.15) is 12.5 Å². The molecule has 0 heterocycles. The van der Waals surface area contributed by atoms with Crippen molar-refractivity contribution >= 4 is 5.91 Å². The van der Waals surface area contributed by atoms with Gasteiger partial charge in [0.2, 0.25) is 0 Å². The van der Waals surface area contributed by atoms with Crippen molar-refractivity contribution < 1.29 is 14.3 Å². The smallest absolute Gasteiger partial charge is 0.260 e. The number of rotatable bonds is 6. The zero-order valence-electron chi connectivity index (χ0n) is 11.2. The molecule has 0 aliphatic carbocycles. The fraction of sp³-hybridized carbons (Fsp3) is 0.462. The van der Waals surface area contributed by atoms with Gasteiger partial charge in [-0.25, -0.2) is 0 Å². The third-order valence-electron chi connectivity index (χ3n) is 2.53. The normalized spacial score (nSPS) is 11.8. The number of likely N-dealkylation sites (N-methyl/N-ethyl adjacent to an activating group) is 1. The van der Waals surface area contributed by atoms with Crippen LogP contribution in [0.2, 0.25) is 0 Å². The molecule has 0 saturated carbocycles. The number of nitrogens with one attached hydrogen (secondary N) is 2. The van der Waals surface area contributed by atoms with E-state index < -0.39 is 6.10 Å². The maximum atomic E-state index is 11.4. The average Bonchev–Trinajstić information content (AvgIpc) is 2.38. The molecule has 1 unspecified atom stereocenters. The SMILES string of the molecule is CNCc1ccc(OC)c(OC(C)C(=O)NC)c1. The van der Waals surface area contributed by atoms with Gasteiger partial charge < -0.3 is 20.1 Å². The fourth-order valence-corrected chi connectivity index (χ4v) is 1.57. The molecule has 1 aromatic carbocycles. The molecule has 0 bridgehead atoms. The van der Waals surface area contributed by atoms with Gasteiger partial charge >= 0.3 is 0 Å². The zero-order chi connectivity index (χ0) is 13.5. The number of carbonyl (C=O) groups excluding carboxylic acids is 1. The molecule has 0 aliphatic heterocycles. The van der Waals surface area contributed by atoms with E-state index in [0.717, 1.165) is 12.1 Å². The molecule has 0 fully saturated rings. The molecule has 100 valence electrons. The van der Waals surface area contributed by atoms with Crippen molar-refractivity contribution in [3.63, 3.8) is 0 Å². The van der Waals surface area contributed by atoms with Crippen molar-refractivity contribution in [2.24, 2.45) is 0 Å². The molecule has 0 saturated heterocycles. The monoisotopic (exact) mass is 252 g/mol. The molecule has 2 N–H and O–H groups in total. The van der Waals surface area contributed by atoms with E-state index >= 15 is 0 Å². The summed E-state index contributed by atoms with van der Waals surface area (Å²) in [6.45, 7) is 2.43. The maximum Gasteiger partial charge on any atom is 0.260 e. The number of amides is 1. The predicted molar refractivity (Wildman–Crippen MR) is 69.9 cm³/mol. The summed E-state index contributed by atoms with van der Waals surface area (Å²) >= 11 is 0. The van der Waals surface area contributed by atoms with Crippen molar-refractivity contribution in [2.75, 3.05) is 21.2 Å². The number of hydrogen-bond donors (Lipinski definition) is 2. The molecule has 18 heavy (non-hydrogen) atoms. The fourth-order valence-electron chi connectivity index (χ4n) is 1.57. The van der Waals surface area contributed by atoms with Gasteiger partial charge in [-0.1, -0.05) is 6.07 Å². The van der Waals surface area contributed by atoms with Crippen molar-refractivity contribution in [2.45, 2.75) is 19.6 Å². The van der Waals surface area contributed by atoms with Gasteiger partial charge in [-0.2, -0.15) is 0 Å². The Balaban J connectivity index is 2.90. The minimum Gasteiger partial charge on any atom is -0.493 e. The minimum atomic E-state index is -0.561. The zero-order valence-corrected chi connectivity index (χ0v) is 11.2. The molecule has 1 aromatic rings. The highest BCUT2D eigenvalue weighted by atomic mass is 16.5. The Morgan fingerprint density at radius 3 is 2.61 bits per heavy atom. The molecular formula is C13H20N2O3. The Bertz CT molecular complexity index is 407. The van der Waals surface area contributed by atoms with Crippen LogP contribution in [0, 0.1) is 0 Å². The van der Waals surface area contributed by atoms with E-state index in [9.17, 15) is 4.79 Å². The molecule has 1 atom stereocenters. The van der Waals surface area contributed by atoms with Crippen LogP contribution >= 0.6 is 0 Å². The lowest BCUT2D eigenvalue weighted by Gasteiger charge is -2.16. The van der Waals surface area contributed by atoms with Crippen LogP contribution in [0.5, 0.6) is 11.5 Å². The summed E-state index contributed by atoms with van der Waals surface area (Å²) in [5, 5.41) is 5.61. The van der Waals surface area contributed by atoms with Crippen LogP contribution in [-0.2, 0) is 11.3 Å². The number of methoxy groups -OCH3 is 1. The Hall–Kier alpha value is -1.75. The summed E-state index contributed by atoms with van der Waals surface area (Å²) in [7, 11) is 5.03. The Labute approximate surface area is 107 Å². The van der Waals surface area contributed by atoms with Crippen LogP contribution in [-0.4, -0.2) is 33.2 Å². The first-order chi connectivity index (χ1) is 8.62. The first-order valence-corrected chi connectivity index (χ1v) is 5.82. The summed E-state index contributed by atoms with van der Waals surface area (Å²) in [6, 6.07) is 5.65. The third-order valence-corrected chi connectivity index (χ3v) is 2.53. The topological polar surface area (TPSA) is 59.6 Å². The van der Waals surface area contributed by atoms with E-state index in [2.05, 4.69) is 10.6 Å². The molecule has 0 radical (unpaired) electrons. The van der Waals surface area contributed by atoms with E-state index in [4.69, 9.17) is 9.47 Å². The van der Waals surface area contributed by atoms with Gasteiger partial charge in [0.1, 0.15) is 0 Å². The lowest BCUT2D eigenvalue weighted by molar-refractivity contribution is -0.126. The Kier molecular flexibility index (Phi) is 5.45. The van der Waals surface area contributed by atoms with E-state index in [0.29, 0.717) is 11.5 Å². The second kappa shape index (κ2) is 6.86. The molecule has 0 spiro atoms. The number of ether oxygens (including phenoxy) is 2. The van der Waals surface area contributed by atoms with Crippen LogP contribution in [0.4, 0.5) is 0 Å². The van der Waals surface area contributed by atoms with E-state index in [1.807, 2.05) is 25.2 Å². The van der Waals surface area contributed by atoms with Crippen molar-refractivity contribution in [3.05, 3.63) is 23.8 Å². The Morgan fingerprint density at radius 2 is 2.06 bits per heavy atom. The maximum absolute atomic E-state index is 11.4. The first kappa shape index (κ1) is 14.3. The van der Waals surface area contributed by atoms with Crippen LogP contribution in [0.25, 0.3) is 0 Å². The number of carbonyl (C=O) groups is 1. The number of benzene rings is 1. The summed E-state index contributed by atoms with van der Waals surface area (Å²) in [4.78, 5) is 11.4. The van der Waals surface area contributed by atoms with Crippen LogP contribution in [0.3, 0.4) is 0 Å². The highest BCUT2D eigenvalue weighted by Gasteiger charge is 2.15. The van der Waals surface area contributed by atoms with Gasteiger partial charge in [-0.05, 0) is 31.7 Å². The molecule has 5 nitrogen and oxygen atoms in total. The van der Waals surface area contributed by atoms with E-state index in [1.54, 1.807) is 21.1 Å². The van der Waals surface area contributed by atoms with E-state index in [-0.39, 0.29) is 5.91 Å². The van der Waals surface area contributed by atoms with Gasteiger partial charge in [0.05, 0.1) is 7.11 Å². The lowest BCUT2D eigenvalue weighted by Crippen LogP contribution is -2.33. The first-order valence-electron chi connectivity index (χ1n) is 5.82. The molecule has 1 amide bonds. The summed E-state index contributed by atoms with van der Waals surface area (Å²) in [5.41, 5.74) is 1.07. The summed E-state index contributed by atoms with van der Waals surface area (Å²) < 4.78 is 10.8. The quantitative estimate of drug-likeness (QED) is 0.790. The second-order valence-corrected chi connectivity index (χ2v) is 3.89. The summed E-state index contributed by atoms with van der Waals surface area (Å²) in [6.07, 6.45) is -0.561. The van der Waals surface area contributed by atoms with Crippen molar-refractivity contribution in [1.29, 1.82) is 0 Å². The van der Waals surface area contributed by atoms with Gasteiger partial charge in [-0.3, -0.25) is 4.79 Å². The molecular weight excluding hydrogens is 232 g/mol. The minimum absolute atomic E-state index is 0.170. The molecule has 0 aliphatic rings. The highest BCUT2D eigenvalue weighted by molar-refractivity contribution is 5.80. The Morgan fingerprint density at radius 1 is 1.33 bits per heavy atom. The lowest BCUT2D eigenvalue weighted by atomic mass is 10.2. The average molecular weight is 252 g/mol. The van der Waals surface area contributed by atoms with Gasteiger partial charge in [-0.15, -0.1) is 0 Å². The largest absolute Gasteiger partial charge is 0.493 e. The summed E-state index contributed by atoms with van der Waals surface area (Å²) in [5.74, 6) is 1.02. The number of hydrogen-bond acceptors (Lipinski definition) is 4. The van der Waals surface area contributed by atoms with Crippen LogP contribution < -0.4 is 20.1 Å². The van der Waals surface area contributed by atoms with Gasteiger partial charge in [0.15, 0.2) is 17.6 Å². The molecule has 5 heteroatoms.